The first kappa shape index (κ1) is 9.03. The van der Waals surface area contributed by atoms with Gasteiger partial charge in [0.2, 0.25) is 0 Å². The van der Waals surface area contributed by atoms with Crippen molar-refractivity contribution in [1.29, 1.82) is 0 Å². The van der Waals surface area contributed by atoms with E-state index in [1.807, 2.05) is 18.4 Å². The zero-order valence-electron chi connectivity index (χ0n) is 8.05. The minimum absolute atomic E-state index is 1.15. The van der Waals surface area contributed by atoms with Gasteiger partial charge >= 0.3 is 0 Å². The summed E-state index contributed by atoms with van der Waals surface area (Å²) in [6, 6.07) is 4.39. The molecule has 72 valence electrons. The van der Waals surface area contributed by atoms with E-state index in [-0.39, 0.29) is 0 Å². The van der Waals surface area contributed by atoms with E-state index in [0.717, 1.165) is 6.54 Å². The van der Waals surface area contributed by atoms with E-state index in [2.05, 4.69) is 22.3 Å². The van der Waals surface area contributed by atoms with E-state index < -0.39 is 0 Å². The minimum atomic E-state index is 1.15. The van der Waals surface area contributed by atoms with Gasteiger partial charge in [0, 0.05) is 18.5 Å². The molecule has 1 aromatic heterocycles. The molecule has 1 aromatic rings. The van der Waals surface area contributed by atoms with Crippen LogP contribution < -0.4 is 5.32 Å². The zero-order chi connectivity index (χ0) is 9.10. The summed E-state index contributed by atoms with van der Waals surface area (Å²) in [7, 11) is 1.98. The van der Waals surface area contributed by atoms with Crippen molar-refractivity contribution in [2.75, 3.05) is 25.5 Å². The topological polar surface area (TPSA) is 15.3 Å². The molecule has 0 unspecified atom stereocenters. The summed E-state index contributed by atoms with van der Waals surface area (Å²) in [5.74, 6) is 0. The Balaban J connectivity index is 1.92. The zero-order valence-corrected chi connectivity index (χ0v) is 8.86. The van der Waals surface area contributed by atoms with Gasteiger partial charge in [-0.1, -0.05) is 0 Å². The van der Waals surface area contributed by atoms with Crippen LogP contribution in [0.1, 0.15) is 17.7 Å². The molecule has 1 saturated heterocycles. The van der Waals surface area contributed by atoms with Crippen LogP contribution in [0, 0.1) is 0 Å². The van der Waals surface area contributed by atoms with Crippen LogP contribution in [0.2, 0.25) is 0 Å². The lowest BCUT2D eigenvalue weighted by Crippen LogP contribution is -2.17. The van der Waals surface area contributed by atoms with Gasteiger partial charge < -0.3 is 5.32 Å². The van der Waals surface area contributed by atoms with Crippen LogP contribution in [0.5, 0.6) is 0 Å². The molecule has 0 radical (unpaired) electrons. The number of likely N-dealkylation sites (tertiary alicyclic amines) is 1. The summed E-state index contributed by atoms with van der Waals surface area (Å²) >= 11 is 1.87. The molecule has 1 aliphatic rings. The molecule has 0 amide bonds. The number of anilines is 1. The van der Waals surface area contributed by atoms with Crippen molar-refractivity contribution in [3.05, 3.63) is 17.0 Å². The van der Waals surface area contributed by atoms with Gasteiger partial charge in [0.15, 0.2) is 0 Å². The van der Waals surface area contributed by atoms with Crippen molar-refractivity contribution in [3.63, 3.8) is 0 Å². The molecule has 0 aromatic carbocycles. The van der Waals surface area contributed by atoms with Gasteiger partial charge in [-0.25, -0.2) is 0 Å². The average Bonchev–Trinajstić information content (AvgIpc) is 2.76. The fourth-order valence-electron chi connectivity index (χ4n) is 1.76. The molecule has 0 aliphatic carbocycles. The molecular formula is C10H16N2S. The Labute approximate surface area is 83.6 Å². The summed E-state index contributed by atoms with van der Waals surface area (Å²) in [5, 5.41) is 4.44. The van der Waals surface area contributed by atoms with Crippen molar-refractivity contribution in [2.24, 2.45) is 0 Å². The molecule has 0 atom stereocenters. The van der Waals surface area contributed by atoms with E-state index >= 15 is 0 Å². The molecule has 2 nitrogen and oxygen atoms in total. The molecule has 0 bridgehead atoms. The van der Waals surface area contributed by atoms with Crippen LogP contribution in [-0.4, -0.2) is 25.0 Å². The maximum absolute atomic E-state index is 3.17. The Morgan fingerprint density at radius 3 is 2.77 bits per heavy atom. The minimum Gasteiger partial charge on any atom is -0.380 e. The van der Waals surface area contributed by atoms with Gasteiger partial charge in [-0.2, -0.15) is 0 Å². The molecule has 2 heterocycles. The number of hydrogen-bond acceptors (Lipinski definition) is 3. The van der Waals surface area contributed by atoms with Crippen molar-refractivity contribution in [2.45, 2.75) is 19.4 Å². The van der Waals surface area contributed by atoms with E-state index in [0.29, 0.717) is 0 Å². The lowest BCUT2D eigenvalue weighted by molar-refractivity contribution is 0.334. The molecule has 2 rings (SSSR count). The molecule has 1 aliphatic heterocycles. The summed E-state index contributed by atoms with van der Waals surface area (Å²) in [6.07, 6.45) is 2.76. The monoisotopic (exact) mass is 196 g/mol. The van der Waals surface area contributed by atoms with Crippen molar-refractivity contribution < 1.29 is 0 Å². The van der Waals surface area contributed by atoms with Gasteiger partial charge in [0.05, 0.1) is 5.00 Å². The fourth-order valence-corrected chi connectivity index (χ4v) is 2.66. The Kier molecular flexibility index (Phi) is 2.86. The number of nitrogens with zero attached hydrogens (tertiary/aromatic N) is 1. The summed E-state index contributed by atoms with van der Waals surface area (Å²) < 4.78 is 0. The van der Waals surface area contributed by atoms with Crippen molar-refractivity contribution >= 4 is 16.3 Å². The highest BCUT2D eigenvalue weighted by atomic mass is 32.1. The quantitative estimate of drug-likeness (QED) is 0.798. The Hall–Kier alpha value is -0.540. The van der Waals surface area contributed by atoms with Gasteiger partial charge in [0.25, 0.3) is 0 Å². The lowest BCUT2D eigenvalue weighted by atomic mass is 10.4. The molecule has 1 fully saturated rings. The predicted molar refractivity (Wildman–Crippen MR) is 58.4 cm³/mol. The van der Waals surface area contributed by atoms with Crippen LogP contribution in [0.3, 0.4) is 0 Å². The van der Waals surface area contributed by atoms with Crippen molar-refractivity contribution in [1.82, 2.24) is 4.90 Å². The Bertz CT molecular complexity index is 264. The Morgan fingerprint density at radius 1 is 1.38 bits per heavy atom. The van der Waals surface area contributed by atoms with E-state index in [1.54, 1.807) is 0 Å². The highest BCUT2D eigenvalue weighted by molar-refractivity contribution is 7.16. The lowest BCUT2D eigenvalue weighted by Gasteiger charge is -2.12. The molecule has 3 heteroatoms. The average molecular weight is 196 g/mol. The van der Waals surface area contributed by atoms with Gasteiger partial charge in [-0.05, 0) is 38.1 Å². The number of thiophene rings is 1. The maximum atomic E-state index is 3.17. The van der Waals surface area contributed by atoms with Crippen LogP contribution in [0.25, 0.3) is 0 Å². The second-order valence-electron chi connectivity index (χ2n) is 3.50. The number of rotatable bonds is 3. The highest BCUT2D eigenvalue weighted by Crippen LogP contribution is 2.23. The van der Waals surface area contributed by atoms with Gasteiger partial charge in [-0.15, -0.1) is 11.3 Å². The second kappa shape index (κ2) is 4.11. The molecule has 1 N–H and O–H groups in total. The predicted octanol–water partition coefficient (Wildman–Crippen LogP) is 2.39. The fraction of sp³-hybridized carbons (Fsp3) is 0.600. The smallest absolute Gasteiger partial charge is 0.0883 e. The summed E-state index contributed by atoms with van der Waals surface area (Å²) in [6.45, 7) is 3.71. The van der Waals surface area contributed by atoms with Crippen LogP contribution in [-0.2, 0) is 6.54 Å². The first-order valence-corrected chi connectivity index (χ1v) is 5.69. The number of nitrogens with one attached hydrogen (secondary N) is 1. The van der Waals surface area contributed by atoms with Crippen LogP contribution >= 0.6 is 11.3 Å². The molecule has 0 saturated carbocycles. The van der Waals surface area contributed by atoms with E-state index in [9.17, 15) is 0 Å². The third-order valence-corrected chi connectivity index (χ3v) is 3.57. The van der Waals surface area contributed by atoms with Crippen molar-refractivity contribution in [3.8, 4) is 0 Å². The first-order chi connectivity index (χ1) is 6.38. The van der Waals surface area contributed by atoms with E-state index in [4.69, 9.17) is 0 Å². The number of hydrogen-bond donors (Lipinski definition) is 1. The first-order valence-electron chi connectivity index (χ1n) is 4.87. The highest BCUT2D eigenvalue weighted by Gasteiger charge is 2.12. The third-order valence-electron chi connectivity index (χ3n) is 2.49. The standard InChI is InChI=1S/C10H16N2S/c1-11-10-5-4-9(13-10)8-12-6-2-3-7-12/h4-5,11H,2-3,6-8H2,1H3. The molecule has 0 spiro atoms. The summed E-state index contributed by atoms with van der Waals surface area (Å²) in [4.78, 5) is 4.01. The maximum Gasteiger partial charge on any atom is 0.0883 e. The van der Waals surface area contributed by atoms with Gasteiger partial charge in [0.1, 0.15) is 0 Å². The molecule has 13 heavy (non-hydrogen) atoms. The van der Waals surface area contributed by atoms with E-state index in [1.165, 1.54) is 35.8 Å². The Morgan fingerprint density at radius 2 is 2.15 bits per heavy atom. The largest absolute Gasteiger partial charge is 0.380 e. The van der Waals surface area contributed by atoms with Crippen LogP contribution in [0.4, 0.5) is 5.00 Å². The van der Waals surface area contributed by atoms with Crippen LogP contribution in [0.15, 0.2) is 12.1 Å². The normalized spacial score (nSPS) is 17.9. The SMILES string of the molecule is CNc1ccc(CN2CCCC2)s1. The second-order valence-corrected chi connectivity index (χ2v) is 4.67. The van der Waals surface area contributed by atoms with Gasteiger partial charge in [-0.3, -0.25) is 4.90 Å². The summed E-state index contributed by atoms with van der Waals surface area (Å²) in [5.41, 5.74) is 0. The third kappa shape index (κ3) is 2.23. The molecular weight excluding hydrogens is 180 g/mol.